The number of fused-ring (bicyclic) bond motifs is 1. The highest BCUT2D eigenvalue weighted by atomic mass is 15.3. The number of imidazole rings is 1. The molecule has 3 rings (SSSR count). The van der Waals surface area contributed by atoms with Crippen molar-refractivity contribution in [1.82, 2.24) is 9.97 Å². The average Bonchev–Trinajstić information content (AvgIpc) is 3.00. The second-order valence-corrected chi connectivity index (χ2v) is 5.24. The van der Waals surface area contributed by atoms with Gasteiger partial charge in [-0.15, -0.1) is 0 Å². The third kappa shape index (κ3) is 3.51. The number of benzene rings is 2. The molecule has 0 spiro atoms. The van der Waals surface area contributed by atoms with E-state index in [2.05, 4.69) is 63.5 Å². The van der Waals surface area contributed by atoms with Crippen molar-refractivity contribution < 1.29 is 0 Å². The Balaban J connectivity index is 1.65. The van der Waals surface area contributed by atoms with Gasteiger partial charge in [-0.2, -0.15) is 5.10 Å². The van der Waals surface area contributed by atoms with E-state index in [1.807, 2.05) is 24.3 Å². The van der Waals surface area contributed by atoms with Crippen LogP contribution in [0.4, 0.5) is 11.6 Å². The topological polar surface area (TPSA) is 56.3 Å². The molecule has 0 bridgehead atoms. The van der Waals surface area contributed by atoms with Gasteiger partial charge in [0.05, 0.1) is 17.2 Å². The number of rotatable bonds is 6. The number of aromatic amines is 1. The molecule has 1 heterocycles. The van der Waals surface area contributed by atoms with Crippen LogP contribution in [-0.4, -0.2) is 29.3 Å². The maximum Gasteiger partial charge on any atom is 0.222 e. The number of para-hydroxylation sites is 2. The number of anilines is 2. The molecule has 0 saturated heterocycles. The van der Waals surface area contributed by atoms with Crippen LogP contribution in [0, 0.1) is 0 Å². The van der Waals surface area contributed by atoms with E-state index in [1.54, 1.807) is 6.21 Å². The van der Waals surface area contributed by atoms with Crippen LogP contribution < -0.4 is 10.3 Å². The van der Waals surface area contributed by atoms with Gasteiger partial charge in [0.2, 0.25) is 5.95 Å². The minimum atomic E-state index is 0.641. The van der Waals surface area contributed by atoms with Gasteiger partial charge in [-0.1, -0.05) is 24.3 Å². The van der Waals surface area contributed by atoms with Crippen LogP contribution in [0.3, 0.4) is 0 Å². The summed E-state index contributed by atoms with van der Waals surface area (Å²) in [6.07, 6.45) is 1.79. The van der Waals surface area contributed by atoms with Crippen LogP contribution in [0.1, 0.15) is 19.4 Å². The van der Waals surface area contributed by atoms with Crippen LogP contribution in [0.25, 0.3) is 11.0 Å². The lowest BCUT2D eigenvalue weighted by molar-refractivity contribution is 0.866. The summed E-state index contributed by atoms with van der Waals surface area (Å²) in [5.41, 5.74) is 7.13. The molecular weight excluding hydrogens is 286 g/mol. The van der Waals surface area contributed by atoms with Gasteiger partial charge in [0.1, 0.15) is 0 Å². The van der Waals surface area contributed by atoms with Gasteiger partial charge in [0.15, 0.2) is 0 Å². The number of hydrogen-bond acceptors (Lipinski definition) is 4. The molecule has 0 saturated carbocycles. The van der Waals surface area contributed by atoms with Crippen molar-refractivity contribution in [3.8, 4) is 0 Å². The minimum absolute atomic E-state index is 0.641. The molecule has 1 aromatic heterocycles. The molecule has 0 amide bonds. The second kappa shape index (κ2) is 6.96. The zero-order chi connectivity index (χ0) is 16.1. The molecule has 2 aromatic carbocycles. The van der Waals surface area contributed by atoms with E-state index in [0.29, 0.717) is 5.95 Å². The molecule has 0 aliphatic heterocycles. The quantitative estimate of drug-likeness (QED) is 0.537. The van der Waals surface area contributed by atoms with Crippen molar-refractivity contribution in [3.63, 3.8) is 0 Å². The first-order chi connectivity index (χ1) is 11.3. The summed E-state index contributed by atoms with van der Waals surface area (Å²) >= 11 is 0. The lowest BCUT2D eigenvalue weighted by Gasteiger charge is -2.20. The molecule has 0 aliphatic carbocycles. The van der Waals surface area contributed by atoms with Crippen molar-refractivity contribution in [2.45, 2.75) is 13.8 Å². The second-order valence-electron chi connectivity index (χ2n) is 5.24. The smallest absolute Gasteiger partial charge is 0.222 e. The predicted octanol–water partition coefficient (Wildman–Crippen LogP) is 3.86. The first kappa shape index (κ1) is 15.1. The molecule has 23 heavy (non-hydrogen) atoms. The summed E-state index contributed by atoms with van der Waals surface area (Å²) in [7, 11) is 0. The Kier molecular flexibility index (Phi) is 4.57. The molecule has 5 nitrogen and oxygen atoms in total. The van der Waals surface area contributed by atoms with E-state index in [1.165, 1.54) is 5.69 Å². The van der Waals surface area contributed by atoms with Gasteiger partial charge in [-0.3, -0.25) is 0 Å². The Morgan fingerprint density at radius 1 is 1.09 bits per heavy atom. The summed E-state index contributed by atoms with van der Waals surface area (Å²) in [4.78, 5) is 9.91. The molecule has 3 aromatic rings. The summed E-state index contributed by atoms with van der Waals surface area (Å²) in [5, 5.41) is 4.24. The molecule has 0 fully saturated rings. The van der Waals surface area contributed by atoms with Crippen molar-refractivity contribution in [2.75, 3.05) is 23.4 Å². The Hall–Kier alpha value is -2.82. The lowest BCUT2D eigenvalue weighted by atomic mass is 10.2. The Labute approximate surface area is 136 Å². The van der Waals surface area contributed by atoms with E-state index in [9.17, 15) is 0 Å². The van der Waals surface area contributed by atoms with Crippen molar-refractivity contribution in [2.24, 2.45) is 5.10 Å². The fourth-order valence-electron chi connectivity index (χ4n) is 2.53. The molecule has 0 radical (unpaired) electrons. The molecule has 0 atom stereocenters. The fraction of sp³-hybridized carbons (Fsp3) is 0.222. The number of hydrazone groups is 1. The minimum Gasteiger partial charge on any atom is -0.372 e. The fourth-order valence-corrected chi connectivity index (χ4v) is 2.53. The summed E-state index contributed by atoms with van der Waals surface area (Å²) in [5.74, 6) is 0.641. The predicted molar refractivity (Wildman–Crippen MR) is 97.3 cm³/mol. The summed E-state index contributed by atoms with van der Waals surface area (Å²) in [6.45, 7) is 6.35. The highest BCUT2D eigenvalue weighted by Crippen LogP contribution is 2.15. The summed E-state index contributed by atoms with van der Waals surface area (Å²) in [6, 6.07) is 16.3. The highest BCUT2D eigenvalue weighted by Gasteiger charge is 2.01. The van der Waals surface area contributed by atoms with E-state index < -0.39 is 0 Å². The lowest BCUT2D eigenvalue weighted by Crippen LogP contribution is -2.21. The number of nitrogens with one attached hydrogen (secondary N) is 2. The van der Waals surface area contributed by atoms with E-state index in [0.717, 1.165) is 29.7 Å². The third-order valence-corrected chi connectivity index (χ3v) is 3.80. The molecule has 5 heteroatoms. The molecular formula is C18H21N5. The SMILES string of the molecule is CCN(CC)c1ccc(/C=N\Nc2nc3ccccc3[nH]2)cc1. The van der Waals surface area contributed by atoms with Gasteiger partial charge < -0.3 is 9.88 Å². The van der Waals surface area contributed by atoms with Crippen LogP contribution in [0.2, 0.25) is 0 Å². The largest absolute Gasteiger partial charge is 0.372 e. The standard InChI is InChI=1S/C18H21N5/c1-3-23(4-2)15-11-9-14(10-12-15)13-19-22-18-20-16-7-5-6-8-17(16)21-18/h5-13H,3-4H2,1-2H3,(H2,20,21,22)/b19-13-. The van der Waals surface area contributed by atoms with Crippen LogP contribution >= 0.6 is 0 Å². The number of nitrogens with zero attached hydrogens (tertiary/aromatic N) is 3. The Morgan fingerprint density at radius 2 is 1.83 bits per heavy atom. The Morgan fingerprint density at radius 3 is 2.52 bits per heavy atom. The first-order valence-electron chi connectivity index (χ1n) is 7.89. The van der Waals surface area contributed by atoms with Crippen molar-refractivity contribution in [1.29, 1.82) is 0 Å². The van der Waals surface area contributed by atoms with Gasteiger partial charge in [-0.05, 0) is 43.7 Å². The van der Waals surface area contributed by atoms with Crippen LogP contribution in [0.5, 0.6) is 0 Å². The highest BCUT2D eigenvalue weighted by molar-refractivity contribution is 5.81. The van der Waals surface area contributed by atoms with Crippen LogP contribution in [-0.2, 0) is 0 Å². The van der Waals surface area contributed by atoms with Crippen LogP contribution in [0.15, 0.2) is 53.6 Å². The maximum absolute atomic E-state index is 4.42. The van der Waals surface area contributed by atoms with E-state index in [4.69, 9.17) is 0 Å². The van der Waals surface area contributed by atoms with Gasteiger partial charge in [0, 0.05) is 18.8 Å². The molecule has 2 N–H and O–H groups in total. The zero-order valence-corrected chi connectivity index (χ0v) is 13.5. The van der Waals surface area contributed by atoms with Gasteiger partial charge >= 0.3 is 0 Å². The number of H-pyrrole nitrogens is 1. The number of aromatic nitrogens is 2. The number of hydrogen-bond donors (Lipinski definition) is 2. The first-order valence-corrected chi connectivity index (χ1v) is 7.89. The van der Waals surface area contributed by atoms with Crippen molar-refractivity contribution >= 4 is 28.9 Å². The zero-order valence-electron chi connectivity index (χ0n) is 13.5. The van der Waals surface area contributed by atoms with Gasteiger partial charge in [-0.25, -0.2) is 10.4 Å². The van der Waals surface area contributed by atoms with E-state index in [-0.39, 0.29) is 0 Å². The normalized spacial score (nSPS) is 11.2. The molecule has 0 aliphatic rings. The average molecular weight is 307 g/mol. The third-order valence-electron chi connectivity index (χ3n) is 3.80. The molecule has 118 valence electrons. The maximum atomic E-state index is 4.42. The monoisotopic (exact) mass is 307 g/mol. The summed E-state index contributed by atoms with van der Waals surface area (Å²) < 4.78 is 0. The van der Waals surface area contributed by atoms with Crippen molar-refractivity contribution in [3.05, 3.63) is 54.1 Å². The van der Waals surface area contributed by atoms with Gasteiger partial charge in [0.25, 0.3) is 0 Å². The Bertz CT molecular complexity index is 752. The molecule has 0 unspecified atom stereocenters. The van der Waals surface area contributed by atoms with E-state index >= 15 is 0 Å².